The number of aromatic nitrogens is 2. The van der Waals surface area contributed by atoms with Crippen molar-refractivity contribution in [2.24, 2.45) is 0 Å². The number of hydrogen-bond acceptors (Lipinski definition) is 7. The number of halogens is 4. The summed E-state index contributed by atoms with van der Waals surface area (Å²) in [5.74, 6) is 1.18. The predicted octanol–water partition coefficient (Wildman–Crippen LogP) is 5.06. The highest BCUT2D eigenvalue weighted by atomic mass is 35.5. The average molecular weight is 579 g/mol. The second-order valence-corrected chi connectivity index (χ2v) is 10.7. The molecule has 12 heteroatoms. The van der Waals surface area contributed by atoms with Crippen molar-refractivity contribution in [1.82, 2.24) is 20.2 Å². The van der Waals surface area contributed by atoms with Crippen LogP contribution in [0.4, 0.5) is 24.7 Å². The molecule has 39 heavy (non-hydrogen) atoms. The van der Waals surface area contributed by atoms with Crippen LogP contribution >= 0.6 is 23.4 Å². The smallest absolute Gasteiger partial charge is 0.368 e. The molecule has 7 nitrogen and oxygen atoms in total. The molecule has 1 amide bonds. The molecular formula is C27H30ClF3N6OS. The van der Waals surface area contributed by atoms with Gasteiger partial charge in [0, 0.05) is 62.3 Å². The number of carbonyl (C=O) groups excluding carboxylic acids is 1. The Hall–Kier alpha value is -3.02. The maximum Gasteiger partial charge on any atom is 0.416 e. The van der Waals surface area contributed by atoms with Gasteiger partial charge in [-0.15, -0.1) is 0 Å². The summed E-state index contributed by atoms with van der Waals surface area (Å²) in [5.41, 5.74) is 1.53. The summed E-state index contributed by atoms with van der Waals surface area (Å²) in [6.45, 7) is 3.64. The van der Waals surface area contributed by atoms with Crippen molar-refractivity contribution < 1.29 is 18.0 Å². The van der Waals surface area contributed by atoms with Gasteiger partial charge in [-0.25, -0.2) is 9.97 Å². The maximum atomic E-state index is 13.1. The van der Waals surface area contributed by atoms with Gasteiger partial charge in [0.2, 0.25) is 0 Å². The summed E-state index contributed by atoms with van der Waals surface area (Å²) < 4.78 is 39.3. The number of hydrogen-bond donors (Lipinski definition) is 1. The highest BCUT2D eigenvalue weighted by Crippen LogP contribution is 2.32. The third-order valence-corrected chi connectivity index (χ3v) is 7.34. The first kappa shape index (κ1) is 29.0. The third kappa shape index (κ3) is 8.23. The van der Waals surface area contributed by atoms with Gasteiger partial charge in [0.25, 0.3) is 5.91 Å². The van der Waals surface area contributed by atoms with Crippen LogP contribution in [0.15, 0.2) is 59.8 Å². The van der Waals surface area contributed by atoms with E-state index in [1.165, 1.54) is 23.9 Å². The van der Waals surface area contributed by atoms with Crippen LogP contribution in [0.1, 0.15) is 21.5 Å². The molecule has 208 valence electrons. The van der Waals surface area contributed by atoms with Gasteiger partial charge in [-0.3, -0.25) is 4.79 Å². The zero-order chi connectivity index (χ0) is 28.0. The van der Waals surface area contributed by atoms with Gasteiger partial charge in [0.05, 0.1) is 5.56 Å². The number of nitrogens with one attached hydrogen (secondary N) is 1. The van der Waals surface area contributed by atoms with Crippen molar-refractivity contribution in [1.29, 1.82) is 0 Å². The number of carbonyl (C=O) groups is 1. The number of likely N-dealkylation sites (N-methyl/N-ethyl adjacent to an activating group) is 1. The molecule has 0 spiro atoms. The Kier molecular flexibility index (Phi) is 9.58. The van der Waals surface area contributed by atoms with Gasteiger partial charge < -0.3 is 20.0 Å². The van der Waals surface area contributed by atoms with Crippen molar-refractivity contribution in [3.8, 4) is 0 Å². The average Bonchev–Trinajstić information content (AvgIpc) is 2.91. The molecule has 4 rings (SSSR count). The first-order valence-electron chi connectivity index (χ1n) is 12.4. The van der Waals surface area contributed by atoms with Crippen LogP contribution in [-0.2, 0) is 11.9 Å². The van der Waals surface area contributed by atoms with Crippen molar-refractivity contribution >= 4 is 40.8 Å². The van der Waals surface area contributed by atoms with E-state index in [9.17, 15) is 18.0 Å². The summed E-state index contributed by atoms with van der Waals surface area (Å²) in [4.78, 5) is 27.3. The molecule has 0 saturated carbocycles. The summed E-state index contributed by atoms with van der Waals surface area (Å²) in [7, 11) is 3.91. The molecule has 0 unspecified atom stereocenters. The zero-order valence-corrected chi connectivity index (χ0v) is 23.3. The first-order valence-corrected chi connectivity index (χ1v) is 13.8. The minimum atomic E-state index is -4.37. The number of amides is 1. The van der Waals surface area contributed by atoms with E-state index >= 15 is 0 Å². The number of piperazine rings is 1. The van der Waals surface area contributed by atoms with Crippen molar-refractivity contribution in [2.45, 2.75) is 17.1 Å². The molecular weight excluding hydrogens is 549 g/mol. The molecule has 1 fully saturated rings. The van der Waals surface area contributed by atoms with Gasteiger partial charge in [-0.05, 0) is 50.0 Å². The van der Waals surface area contributed by atoms with Crippen molar-refractivity contribution in [3.05, 3.63) is 76.4 Å². The summed E-state index contributed by atoms with van der Waals surface area (Å²) in [6, 6.07) is 14.5. The highest BCUT2D eigenvalue weighted by molar-refractivity contribution is 7.98. The van der Waals surface area contributed by atoms with Crippen LogP contribution in [0.25, 0.3) is 0 Å². The predicted molar refractivity (Wildman–Crippen MR) is 150 cm³/mol. The number of thioether (sulfide) groups is 1. The van der Waals surface area contributed by atoms with Crippen LogP contribution in [0.2, 0.25) is 5.15 Å². The van der Waals surface area contributed by atoms with Gasteiger partial charge in [0.1, 0.15) is 11.0 Å². The van der Waals surface area contributed by atoms with Crippen LogP contribution < -0.4 is 15.1 Å². The van der Waals surface area contributed by atoms with E-state index in [2.05, 4.69) is 20.2 Å². The third-order valence-electron chi connectivity index (χ3n) is 6.23. The SMILES string of the molecule is CN(C)CCNC(=O)c1ccc(CSc2nc(Cl)cc(N3CCN(c4cccc(C(F)(F)F)c4)CC3)n2)cc1. The van der Waals surface area contributed by atoms with Gasteiger partial charge in [0.15, 0.2) is 5.16 Å². The van der Waals surface area contributed by atoms with Crippen LogP contribution in [0.5, 0.6) is 0 Å². The zero-order valence-electron chi connectivity index (χ0n) is 21.7. The Morgan fingerprint density at radius 3 is 2.38 bits per heavy atom. The quantitative estimate of drug-likeness (QED) is 0.216. The van der Waals surface area contributed by atoms with Crippen molar-refractivity contribution in [2.75, 3.05) is 63.2 Å². The van der Waals surface area contributed by atoms with E-state index in [0.717, 1.165) is 18.2 Å². The molecule has 0 aliphatic carbocycles. The molecule has 2 heterocycles. The Labute approximate surface area is 235 Å². The Morgan fingerprint density at radius 1 is 1.03 bits per heavy atom. The lowest BCUT2D eigenvalue weighted by Gasteiger charge is -2.37. The number of benzene rings is 2. The van der Waals surface area contributed by atoms with Crippen LogP contribution in [0.3, 0.4) is 0 Å². The molecule has 1 aliphatic rings. The molecule has 1 N–H and O–H groups in total. The standard InChI is InChI=1S/C27H30ClF3N6OS/c1-35(2)11-10-32-25(38)20-8-6-19(7-9-20)18-39-26-33-23(28)17-24(34-26)37-14-12-36(13-15-37)22-5-3-4-21(16-22)27(29,30)31/h3-9,16-17H,10-15,18H2,1-2H3,(H,32,38). The summed E-state index contributed by atoms with van der Waals surface area (Å²) in [6.07, 6.45) is -4.37. The monoisotopic (exact) mass is 578 g/mol. The Balaban J connectivity index is 1.32. The van der Waals surface area contributed by atoms with E-state index in [0.29, 0.717) is 65.9 Å². The molecule has 0 atom stereocenters. The molecule has 3 aromatic rings. The summed E-state index contributed by atoms with van der Waals surface area (Å²) >= 11 is 7.74. The lowest BCUT2D eigenvalue weighted by atomic mass is 10.1. The first-order chi connectivity index (χ1) is 18.6. The topological polar surface area (TPSA) is 64.6 Å². The Bertz CT molecular complexity index is 1270. The highest BCUT2D eigenvalue weighted by Gasteiger charge is 2.31. The molecule has 2 aromatic carbocycles. The molecule has 0 bridgehead atoms. The molecule has 0 radical (unpaired) electrons. The minimum absolute atomic E-state index is 0.105. The summed E-state index contributed by atoms with van der Waals surface area (Å²) in [5, 5.41) is 3.76. The lowest BCUT2D eigenvalue weighted by molar-refractivity contribution is -0.137. The van der Waals surface area contributed by atoms with Crippen LogP contribution in [0, 0.1) is 0 Å². The fourth-order valence-corrected chi connectivity index (χ4v) is 5.12. The normalized spacial score (nSPS) is 14.1. The van der Waals surface area contributed by atoms with E-state index in [1.807, 2.05) is 36.0 Å². The second kappa shape index (κ2) is 12.9. The molecule has 1 aliphatic heterocycles. The van der Waals surface area contributed by atoms with Gasteiger partial charge >= 0.3 is 6.18 Å². The van der Waals surface area contributed by atoms with E-state index < -0.39 is 11.7 Å². The largest absolute Gasteiger partial charge is 0.416 e. The second-order valence-electron chi connectivity index (χ2n) is 9.40. The number of alkyl halides is 3. The van der Waals surface area contributed by atoms with Crippen LogP contribution in [-0.4, -0.2) is 74.1 Å². The number of nitrogens with zero attached hydrogens (tertiary/aromatic N) is 5. The van der Waals surface area contributed by atoms with E-state index in [4.69, 9.17) is 11.6 Å². The van der Waals surface area contributed by atoms with Crippen molar-refractivity contribution in [3.63, 3.8) is 0 Å². The van der Waals surface area contributed by atoms with E-state index in [-0.39, 0.29) is 5.91 Å². The van der Waals surface area contributed by atoms with E-state index in [1.54, 1.807) is 24.3 Å². The van der Waals surface area contributed by atoms with Gasteiger partial charge in [-0.1, -0.05) is 41.6 Å². The number of anilines is 2. The molecule has 1 saturated heterocycles. The Morgan fingerprint density at radius 2 is 1.72 bits per heavy atom. The van der Waals surface area contributed by atoms with Gasteiger partial charge in [-0.2, -0.15) is 13.2 Å². The fraction of sp³-hybridized carbons (Fsp3) is 0.370. The fourth-order valence-electron chi connectivity index (χ4n) is 4.08. The minimum Gasteiger partial charge on any atom is -0.368 e. The maximum absolute atomic E-state index is 13.1. The number of rotatable bonds is 9. The molecule has 1 aromatic heterocycles. The lowest BCUT2D eigenvalue weighted by Crippen LogP contribution is -2.47.